The van der Waals surface area contributed by atoms with Crippen molar-refractivity contribution in [3.8, 4) is 12.1 Å². The highest BCUT2D eigenvalue weighted by Gasteiger charge is 2.26. The first-order chi connectivity index (χ1) is 7.24. The summed E-state index contributed by atoms with van der Waals surface area (Å²) in [6.45, 7) is 4.61. The number of carboxylic acid groups (broad SMARTS) is 1. The Morgan fingerprint density at radius 1 is 1.25 bits per heavy atom. The first-order valence-electron chi connectivity index (χ1n) is 4.73. The number of carboxylic acids is 1. The molecular formula is C10H14N4O2. The van der Waals surface area contributed by atoms with Crippen molar-refractivity contribution in [2.24, 2.45) is 10.2 Å². The van der Waals surface area contributed by atoms with Crippen molar-refractivity contribution in [2.75, 3.05) is 0 Å². The largest absolute Gasteiger partial charge is 0.481 e. The van der Waals surface area contributed by atoms with E-state index in [-0.39, 0.29) is 12.8 Å². The summed E-state index contributed by atoms with van der Waals surface area (Å²) in [5, 5.41) is 33.6. The standard InChI is InChI=1S/C10H14N4O2/c1-9(2,6-11)13-14-10(3,7-12)5-4-8(15)16/h4-5H2,1-3H3,(H,15,16)/b14-13+. The van der Waals surface area contributed by atoms with Gasteiger partial charge in [0, 0.05) is 6.42 Å². The van der Waals surface area contributed by atoms with E-state index in [0.29, 0.717) is 0 Å². The molecule has 0 amide bonds. The summed E-state index contributed by atoms with van der Waals surface area (Å²) in [4.78, 5) is 10.4. The van der Waals surface area contributed by atoms with E-state index in [1.54, 1.807) is 13.8 Å². The highest BCUT2D eigenvalue weighted by molar-refractivity contribution is 5.66. The molecular weight excluding hydrogens is 208 g/mol. The Balaban J connectivity index is 4.69. The van der Waals surface area contributed by atoms with Crippen molar-refractivity contribution in [2.45, 2.75) is 44.7 Å². The Morgan fingerprint density at radius 2 is 1.81 bits per heavy atom. The number of rotatable bonds is 5. The zero-order valence-corrected chi connectivity index (χ0v) is 9.56. The third-order valence-corrected chi connectivity index (χ3v) is 1.86. The molecule has 0 radical (unpaired) electrons. The van der Waals surface area contributed by atoms with Gasteiger partial charge in [0.05, 0.1) is 12.1 Å². The molecule has 0 bridgehead atoms. The second-order valence-corrected chi connectivity index (χ2v) is 4.15. The summed E-state index contributed by atoms with van der Waals surface area (Å²) >= 11 is 0. The summed E-state index contributed by atoms with van der Waals surface area (Å²) in [7, 11) is 0. The first kappa shape index (κ1) is 14.1. The van der Waals surface area contributed by atoms with Gasteiger partial charge < -0.3 is 5.11 Å². The number of nitrogens with zero attached hydrogens (tertiary/aromatic N) is 4. The molecule has 1 atom stereocenters. The maximum atomic E-state index is 10.4. The van der Waals surface area contributed by atoms with Crippen LogP contribution in [0.3, 0.4) is 0 Å². The molecule has 0 aromatic rings. The van der Waals surface area contributed by atoms with E-state index in [2.05, 4.69) is 10.2 Å². The number of aliphatic carboxylic acids is 1. The van der Waals surface area contributed by atoms with Crippen LogP contribution in [0.4, 0.5) is 0 Å². The Morgan fingerprint density at radius 3 is 2.19 bits per heavy atom. The van der Waals surface area contributed by atoms with Crippen LogP contribution in [0, 0.1) is 22.7 Å². The topological polar surface area (TPSA) is 110 Å². The van der Waals surface area contributed by atoms with Gasteiger partial charge >= 0.3 is 5.97 Å². The van der Waals surface area contributed by atoms with Crippen molar-refractivity contribution >= 4 is 5.97 Å². The fourth-order valence-corrected chi connectivity index (χ4v) is 0.736. The zero-order chi connectivity index (χ0) is 12.8. The smallest absolute Gasteiger partial charge is 0.303 e. The second kappa shape index (κ2) is 5.22. The van der Waals surface area contributed by atoms with Gasteiger partial charge in [-0.15, -0.1) is 0 Å². The summed E-state index contributed by atoms with van der Waals surface area (Å²) < 4.78 is 0. The number of carbonyl (C=O) groups is 1. The van der Waals surface area contributed by atoms with Crippen LogP contribution >= 0.6 is 0 Å². The van der Waals surface area contributed by atoms with Gasteiger partial charge in [0.1, 0.15) is 0 Å². The zero-order valence-electron chi connectivity index (χ0n) is 9.56. The highest BCUT2D eigenvalue weighted by atomic mass is 16.4. The van der Waals surface area contributed by atoms with Crippen LogP contribution < -0.4 is 0 Å². The Kier molecular flexibility index (Phi) is 4.59. The van der Waals surface area contributed by atoms with Crippen molar-refractivity contribution in [3.63, 3.8) is 0 Å². The molecule has 0 fully saturated rings. The van der Waals surface area contributed by atoms with Gasteiger partial charge in [-0.1, -0.05) is 0 Å². The molecule has 16 heavy (non-hydrogen) atoms. The van der Waals surface area contributed by atoms with Gasteiger partial charge in [-0.2, -0.15) is 20.8 Å². The summed E-state index contributed by atoms with van der Waals surface area (Å²) in [6.07, 6.45) is -0.0834. The van der Waals surface area contributed by atoms with E-state index >= 15 is 0 Å². The molecule has 0 aliphatic heterocycles. The molecule has 0 aromatic heterocycles. The summed E-state index contributed by atoms with van der Waals surface area (Å²) in [6, 6.07) is 3.81. The predicted octanol–water partition coefficient (Wildman–Crippen LogP) is 1.89. The minimum atomic E-state index is -1.19. The fraction of sp³-hybridized carbons (Fsp3) is 0.700. The lowest BCUT2D eigenvalue weighted by atomic mass is 9.99. The van der Waals surface area contributed by atoms with Crippen molar-refractivity contribution < 1.29 is 9.90 Å². The molecule has 0 rings (SSSR count). The minimum Gasteiger partial charge on any atom is -0.481 e. The maximum absolute atomic E-state index is 10.4. The van der Waals surface area contributed by atoms with Crippen LogP contribution in [0.2, 0.25) is 0 Å². The number of nitriles is 2. The summed E-state index contributed by atoms with van der Waals surface area (Å²) in [5.41, 5.74) is -2.19. The molecule has 86 valence electrons. The molecule has 0 saturated heterocycles. The van der Waals surface area contributed by atoms with E-state index < -0.39 is 17.0 Å². The lowest BCUT2D eigenvalue weighted by Crippen LogP contribution is -2.22. The van der Waals surface area contributed by atoms with Crippen LogP contribution in [-0.2, 0) is 4.79 Å². The quantitative estimate of drug-likeness (QED) is 0.716. The minimum absolute atomic E-state index is 0.0733. The normalized spacial score (nSPS) is 15.1. The molecule has 0 aromatic carbocycles. The number of hydrogen-bond acceptors (Lipinski definition) is 5. The van der Waals surface area contributed by atoms with Gasteiger partial charge in [0.15, 0.2) is 11.1 Å². The predicted molar refractivity (Wildman–Crippen MR) is 55.4 cm³/mol. The van der Waals surface area contributed by atoms with E-state index in [9.17, 15) is 4.79 Å². The van der Waals surface area contributed by atoms with E-state index in [4.69, 9.17) is 15.6 Å². The van der Waals surface area contributed by atoms with Gasteiger partial charge in [-0.3, -0.25) is 4.79 Å². The van der Waals surface area contributed by atoms with Gasteiger partial charge in [0.2, 0.25) is 0 Å². The molecule has 0 spiro atoms. The molecule has 0 saturated carbocycles. The Labute approximate surface area is 94.2 Å². The molecule has 1 unspecified atom stereocenters. The van der Waals surface area contributed by atoms with Crippen LogP contribution in [0.15, 0.2) is 10.2 Å². The molecule has 0 heterocycles. The highest BCUT2D eigenvalue weighted by Crippen LogP contribution is 2.20. The van der Waals surface area contributed by atoms with Gasteiger partial charge in [-0.25, -0.2) is 0 Å². The summed E-state index contributed by atoms with van der Waals surface area (Å²) in [5.74, 6) is -0.990. The van der Waals surface area contributed by atoms with Crippen molar-refractivity contribution in [1.29, 1.82) is 10.5 Å². The molecule has 6 nitrogen and oxygen atoms in total. The molecule has 1 N–H and O–H groups in total. The monoisotopic (exact) mass is 222 g/mol. The first-order valence-corrected chi connectivity index (χ1v) is 4.73. The lowest BCUT2D eigenvalue weighted by molar-refractivity contribution is -0.137. The third-order valence-electron chi connectivity index (χ3n) is 1.86. The van der Waals surface area contributed by atoms with Crippen molar-refractivity contribution in [1.82, 2.24) is 0 Å². The maximum Gasteiger partial charge on any atom is 0.303 e. The van der Waals surface area contributed by atoms with Crippen molar-refractivity contribution in [3.05, 3.63) is 0 Å². The van der Waals surface area contributed by atoms with Crippen LogP contribution in [0.1, 0.15) is 33.6 Å². The third kappa shape index (κ3) is 5.06. The molecule has 0 aliphatic rings. The van der Waals surface area contributed by atoms with E-state index in [0.717, 1.165) is 0 Å². The van der Waals surface area contributed by atoms with Crippen LogP contribution in [0.25, 0.3) is 0 Å². The number of azo groups is 1. The SMILES string of the molecule is CC(C)(C#N)/N=N/C(C)(C#N)CCC(=O)O. The van der Waals surface area contributed by atoms with E-state index in [1.807, 2.05) is 12.1 Å². The molecule has 6 heteroatoms. The average Bonchev–Trinajstić information content (AvgIpc) is 2.24. The second-order valence-electron chi connectivity index (χ2n) is 4.15. The van der Waals surface area contributed by atoms with Crippen LogP contribution in [-0.4, -0.2) is 22.2 Å². The lowest BCUT2D eigenvalue weighted by Gasteiger charge is -2.15. The number of hydrogen-bond donors (Lipinski definition) is 1. The Bertz CT molecular complexity index is 375. The average molecular weight is 222 g/mol. The van der Waals surface area contributed by atoms with Crippen LogP contribution in [0.5, 0.6) is 0 Å². The molecule has 0 aliphatic carbocycles. The van der Waals surface area contributed by atoms with E-state index in [1.165, 1.54) is 6.92 Å². The fourth-order valence-electron chi connectivity index (χ4n) is 0.736. The van der Waals surface area contributed by atoms with Gasteiger partial charge in [0.25, 0.3) is 0 Å². The van der Waals surface area contributed by atoms with Gasteiger partial charge in [-0.05, 0) is 27.2 Å². The Hall–Kier alpha value is -1.95.